The largest absolute Gasteiger partial charge is 0.461 e. The minimum absolute atomic E-state index is 0.0295. The lowest BCUT2D eigenvalue weighted by molar-refractivity contribution is -0.145. The van der Waals surface area contributed by atoms with E-state index in [9.17, 15) is 28.0 Å². The minimum atomic E-state index is -0.976. The van der Waals surface area contributed by atoms with Gasteiger partial charge in [-0.15, -0.1) is 0 Å². The number of esters is 1. The van der Waals surface area contributed by atoms with E-state index in [0.29, 0.717) is 22.7 Å². The number of amides is 2. The molecule has 3 rings (SSSR count). The van der Waals surface area contributed by atoms with Crippen molar-refractivity contribution >= 4 is 34.4 Å². The lowest BCUT2D eigenvalue weighted by atomic mass is 10.1. The summed E-state index contributed by atoms with van der Waals surface area (Å²) in [4.78, 5) is 47.0. The number of hydrogen-bond donors (Lipinski definition) is 2. The highest BCUT2D eigenvalue weighted by Gasteiger charge is 2.13. The third kappa shape index (κ3) is 6.45. The third-order valence-electron chi connectivity index (χ3n) is 4.56. The molecule has 0 aliphatic heterocycles. The van der Waals surface area contributed by atoms with Crippen molar-refractivity contribution in [1.82, 2.24) is 5.32 Å². The lowest BCUT2D eigenvalue weighted by Crippen LogP contribution is -2.26. The average Bonchev–Trinajstić information content (AvgIpc) is 2.74. The number of rotatable bonds is 8. The van der Waals surface area contributed by atoms with Crippen LogP contribution in [0.5, 0.6) is 0 Å². The van der Waals surface area contributed by atoms with Crippen molar-refractivity contribution in [3.63, 3.8) is 0 Å². The number of carbonyl (C=O) groups is 3. The van der Waals surface area contributed by atoms with Crippen LogP contribution in [-0.4, -0.2) is 24.3 Å². The molecule has 1 aromatic heterocycles. The Morgan fingerprint density at radius 2 is 1.85 bits per heavy atom. The van der Waals surface area contributed by atoms with Gasteiger partial charge in [0.15, 0.2) is 0 Å². The van der Waals surface area contributed by atoms with Crippen LogP contribution in [0.2, 0.25) is 0 Å². The molecule has 0 unspecified atom stereocenters. The predicted molar refractivity (Wildman–Crippen MR) is 115 cm³/mol. The molecule has 0 saturated heterocycles. The fourth-order valence-corrected chi connectivity index (χ4v) is 3.06. The zero-order valence-electron chi connectivity index (χ0n) is 17.6. The summed E-state index contributed by atoms with van der Waals surface area (Å²) >= 11 is 0. The highest BCUT2D eigenvalue weighted by molar-refractivity contribution is 5.94. The molecule has 0 atom stereocenters. The molecule has 0 radical (unpaired) electrons. The molecule has 8 nitrogen and oxygen atoms in total. The van der Waals surface area contributed by atoms with E-state index in [1.807, 2.05) is 0 Å². The third-order valence-corrected chi connectivity index (χ3v) is 4.56. The lowest BCUT2D eigenvalue weighted by Gasteiger charge is -2.09. The van der Waals surface area contributed by atoms with Crippen LogP contribution in [0.1, 0.15) is 35.7 Å². The van der Waals surface area contributed by atoms with Crippen molar-refractivity contribution in [1.29, 1.82) is 0 Å². The maximum absolute atomic E-state index is 13.6. The number of fused-ring (bicyclic) bond motifs is 1. The van der Waals surface area contributed by atoms with Crippen molar-refractivity contribution in [3.05, 3.63) is 75.6 Å². The molecule has 1 heterocycles. The molecule has 2 N–H and O–H groups in total. The number of carbonyl (C=O) groups excluding carboxylic acids is 3. The fraction of sp³-hybridized carbons (Fsp3) is 0.217. The van der Waals surface area contributed by atoms with Gasteiger partial charge in [0.05, 0.1) is 5.56 Å². The topological polar surface area (TPSA) is 115 Å². The van der Waals surface area contributed by atoms with Crippen LogP contribution in [0, 0.1) is 11.6 Å². The summed E-state index contributed by atoms with van der Waals surface area (Å²) in [6.45, 7) is 1.25. The Hall–Kier alpha value is -4.08. The first-order valence-electron chi connectivity index (χ1n) is 9.96. The van der Waals surface area contributed by atoms with Gasteiger partial charge >= 0.3 is 11.6 Å². The number of ether oxygens (including phenoxy) is 1. The van der Waals surface area contributed by atoms with E-state index >= 15 is 0 Å². The SMILES string of the molecule is CC(=O)Nc1ccc2c(COC(=O)CCCNC(=O)c3ccc(F)cc3F)cc(=O)oc2c1. The second-order valence-corrected chi connectivity index (χ2v) is 7.13. The fourth-order valence-electron chi connectivity index (χ4n) is 3.06. The van der Waals surface area contributed by atoms with Crippen LogP contribution in [0.3, 0.4) is 0 Å². The summed E-state index contributed by atoms with van der Waals surface area (Å²) in [6, 6.07) is 8.60. The number of benzene rings is 2. The molecule has 0 saturated carbocycles. The van der Waals surface area contributed by atoms with Crippen LogP contribution in [0.15, 0.2) is 51.7 Å². The zero-order chi connectivity index (χ0) is 24.0. The summed E-state index contributed by atoms with van der Waals surface area (Å²) in [6.07, 6.45) is 0.198. The normalized spacial score (nSPS) is 10.6. The van der Waals surface area contributed by atoms with E-state index in [-0.39, 0.29) is 43.0 Å². The number of anilines is 1. The Kier molecular flexibility index (Phi) is 7.50. The van der Waals surface area contributed by atoms with Gasteiger partial charge in [0, 0.05) is 54.7 Å². The molecule has 10 heteroatoms. The van der Waals surface area contributed by atoms with Gasteiger partial charge in [-0.1, -0.05) is 0 Å². The quantitative estimate of drug-likeness (QED) is 0.304. The summed E-state index contributed by atoms with van der Waals surface area (Å²) in [7, 11) is 0. The first-order chi connectivity index (χ1) is 15.7. The van der Waals surface area contributed by atoms with Gasteiger partial charge in [-0.3, -0.25) is 14.4 Å². The summed E-state index contributed by atoms with van der Waals surface area (Å²) < 4.78 is 36.9. The van der Waals surface area contributed by atoms with E-state index in [2.05, 4.69) is 10.6 Å². The van der Waals surface area contributed by atoms with Crippen LogP contribution in [-0.2, 0) is 20.9 Å². The van der Waals surface area contributed by atoms with Gasteiger partial charge in [-0.05, 0) is 30.7 Å². The van der Waals surface area contributed by atoms with E-state index in [1.165, 1.54) is 19.1 Å². The van der Waals surface area contributed by atoms with Crippen molar-refractivity contribution in [3.8, 4) is 0 Å². The summed E-state index contributed by atoms with van der Waals surface area (Å²) in [5.74, 6) is -3.32. The van der Waals surface area contributed by atoms with Crippen LogP contribution in [0.25, 0.3) is 11.0 Å². The van der Waals surface area contributed by atoms with Crippen LogP contribution < -0.4 is 16.3 Å². The molecule has 3 aromatic rings. The van der Waals surface area contributed by atoms with Gasteiger partial charge in [-0.2, -0.15) is 0 Å². The highest BCUT2D eigenvalue weighted by atomic mass is 19.1. The second-order valence-electron chi connectivity index (χ2n) is 7.13. The van der Waals surface area contributed by atoms with E-state index in [4.69, 9.17) is 9.15 Å². The number of nitrogens with one attached hydrogen (secondary N) is 2. The Balaban J connectivity index is 1.51. The Morgan fingerprint density at radius 3 is 2.58 bits per heavy atom. The molecule has 0 aliphatic rings. The average molecular weight is 458 g/mol. The minimum Gasteiger partial charge on any atom is -0.461 e. The van der Waals surface area contributed by atoms with Gasteiger partial charge in [0.2, 0.25) is 5.91 Å². The number of halogens is 2. The van der Waals surface area contributed by atoms with Crippen LogP contribution in [0.4, 0.5) is 14.5 Å². The Morgan fingerprint density at radius 1 is 1.06 bits per heavy atom. The van der Waals surface area contributed by atoms with E-state index < -0.39 is 29.1 Å². The predicted octanol–water partition coefficient (Wildman–Crippen LogP) is 3.28. The molecule has 33 heavy (non-hydrogen) atoms. The smallest absolute Gasteiger partial charge is 0.336 e. The molecular weight excluding hydrogens is 438 g/mol. The maximum Gasteiger partial charge on any atom is 0.336 e. The van der Waals surface area contributed by atoms with Gasteiger partial charge in [-0.25, -0.2) is 13.6 Å². The standard InChI is InChI=1S/C23H20F2N2O6/c1-13(28)27-16-5-7-17-14(9-22(30)33-20(17)11-16)12-32-21(29)3-2-8-26-23(31)18-6-4-15(24)10-19(18)25/h4-7,9-11H,2-3,8,12H2,1H3,(H,26,31)(H,27,28). The number of hydrogen-bond acceptors (Lipinski definition) is 6. The molecule has 2 amide bonds. The first-order valence-corrected chi connectivity index (χ1v) is 9.96. The molecule has 0 bridgehead atoms. The highest BCUT2D eigenvalue weighted by Crippen LogP contribution is 2.22. The molecule has 172 valence electrons. The van der Waals surface area contributed by atoms with Gasteiger partial charge in [0.25, 0.3) is 5.91 Å². The van der Waals surface area contributed by atoms with Crippen molar-refractivity contribution < 1.29 is 32.3 Å². The van der Waals surface area contributed by atoms with Crippen LogP contribution >= 0.6 is 0 Å². The van der Waals surface area contributed by atoms with E-state index in [1.54, 1.807) is 12.1 Å². The second kappa shape index (κ2) is 10.5. The maximum atomic E-state index is 13.6. The Labute approximate surface area is 186 Å². The molecule has 0 aliphatic carbocycles. The van der Waals surface area contributed by atoms with Gasteiger partial charge < -0.3 is 19.8 Å². The zero-order valence-corrected chi connectivity index (χ0v) is 17.6. The summed E-state index contributed by atoms with van der Waals surface area (Å²) in [5, 5.41) is 5.58. The summed E-state index contributed by atoms with van der Waals surface area (Å²) in [5.41, 5.74) is 0.189. The van der Waals surface area contributed by atoms with Crippen molar-refractivity contribution in [2.45, 2.75) is 26.4 Å². The monoisotopic (exact) mass is 458 g/mol. The molecule has 2 aromatic carbocycles. The molecule has 0 fully saturated rings. The Bertz CT molecular complexity index is 1270. The first kappa shape index (κ1) is 23.6. The molecule has 0 spiro atoms. The van der Waals surface area contributed by atoms with Gasteiger partial charge in [0.1, 0.15) is 23.8 Å². The molecular formula is C23H20F2N2O6. The van der Waals surface area contributed by atoms with E-state index in [0.717, 1.165) is 12.1 Å². The van der Waals surface area contributed by atoms with Crippen molar-refractivity contribution in [2.75, 3.05) is 11.9 Å². The van der Waals surface area contributed by atoms with Crippen molar-refractivity contribution in [2.24, 2.45) is 0 Å².